The molecule has 2 aliphatic rings. The average Bonchev–Trinajstić information content (AvgIpc) is 3.09. The molecule has 4 rings (SSSR count). The zero-order valence-electron chi connectivity index (χ0n) is 16.2. The second kappa shape index (κ2) is 7.35. The predicted octanol–water partition coefficient (Wildman–Crippen LogP) is 3.46. The number of carbonyl (C=O) groups excluding carboxylic acids is 1. The van der Waals surface area contributed by atoms with Crippen LogP contribution in [0.2, 0.25) is 0 Å². The van der Waals surface area contributed by atoms with Crippen molar-refractivity contribution in [2.75, 3.05) is 26.7 Å². The fourth-order valence-corrected chi connectivity index (χ4v) is 4.96. The van der Waals surface area contributed by atoms with E-state index in [9.17, 15) is 4.79 Å². The molecule has 1 amide bonds. The van der Waals surface area contributed by atoms with Crippen LogP contribution >= 0.6 is 0 Å². The lowest BCUT2D eigenvalue weighted by Crippen LogP contribution is -2.56. The molecule has 2 heterocycles. The van der Waals surface area contributed by atoms with E-state index in [0.29, 0.717) is 0 Å². The van der Waals surface area contributed by atoms with Crippen LogP contribution in [0.3, 0.4) is 0 Å². The van der Waals surface area contributed by atoms with E-state index in [4.69, 9.17) is 4.74 Å². The summed E-state index contributed by atoms with van der Waals surface area (Å²) in [5.41, 5.74) is 2.78. The number of likely N-dealkylation sites (tertiary alicyclic amines) is 2. The molecule has 0 saturated carbocycles. The summed E-state index contributed by atoms with van der Waals surface area (Å²) >= 11 is 0. The largest absolute Gasteiger partial charge is 0.497 e. The molecule has 4 heteroatoms. The van der Waals surface area contributed by atoms with Crippen LogP contribution in [-0.2, 0) is 16.8 Å². The van der Waals surface area contributed by atoms with Crippen LogP contribution in [0.4, 0.5) is 0 Å². The Hall–Kier alpha value is -2.33. The molecule has 2 atom stereocenters. The number of fused-ring (bicyclic) bond motifs is 1. The molecule has 0 bridgehead atoms. The number of rotatable bonds is 4. The SMILES string of the molecule is COc1ccc(CN2CC[C@@]3(c4ccccc4)CCN(C(C)=O)[C@@H]3C2)cc1. The lowest BCUT2D eigenvalue weighted by molar-refractivity contribution is -0.131. The maximum Gasteiger partial charge on any atom is 0.219 e. The van der Waals surface area contributed by atoms with Crippen molar-refractivity contribution in [1.29, 1.82) is 0 Å². The van der Waals surface area contributed by atoms with Gasteiger partial charge in [-0.2, -0.15) is 0 Å². The first-order valence-electron chi connectivity index (χ1n) is 9.80. The molecule has 0 unspecified atom stereocenters. The predicted molar refractivity (Wildman–Crippen MR) is 107 cm³/mol. The molecule has 4 nitrogen and oxygen atoms in total. The molecule has 0 radical (unpaired) electrons. The van der Waals surface area contributed by atoms with E-state index < -0.39 is 0 Å². The van der Waals surface area contributed by atoms with E-state index >= 15 is 0 Å². The normalized spacial score (nSPS) is 25.3. The fraction of sp³-hybridized carbons (Fsp3) is 0.435. The highest BCUT2D eigenvalue weighted by Gasteiger charge is 2.51. The maximum atomic E-state index is 12.3. The third kappa shape index (κ3) is 3.34. The van der Waals surface area contributed by atoms with E-state index in [1.54, 1.807) is 14.0 Å². The third-order valence-corrected chi connectivity index (χ3v) is 6.44. The molecular formula is C23H28N2O2. The first-order valence-corrected chi connectivity index (χ1v) is 9.80. The standard InChI is InChI=1S/C23H28N2O2/c1-18(26)25-15-13-23(20-6-4-3-5-7-20)12-14-24(17-22(23)25)16-19-8-10-21(27-2)11-9-19/h3-11,22H,12-17H2,1-2H3/t22-,23+/m1/s1. The van der Waals surface area contributed by atoms with Crippen LogP contribution in [0.5, 0.6) is 5.75 Å². The molecule has 2 aromatic rings. The number of carbonyl (C=O) groups is 1. The van der Waals surface area contributed by atoms with E-state index in [2.05, 4.69) is 52.3 Å². The minimum atomic E-state index is 0.101. The van der Waals surface area contributed by atoms with Gasteiger partial charge in [0, 0.05) is 32.0 Å². The lowest BCUT2D eigenvalue weighted by atomic mass is 9.69. The molecule has 0 aromatic heterocycles. The molecule has 2 fully saturated rings. The second-order valence-corrected chi connectivity index (χ2v) is 7.83. The topological polar surface area (TPSA) is 32.8 Å². The van der Waals surface area contributed by atoms with Gasteiger partial charge >= 0.3 is 0 Å². The Bertz CT molecular complexity index is 790. The highest BCUT2D eigenvalue weighted by Crippen LogP contribution is 2.46. The first-order chi connectivity index (χ1) is 13.1. The van der Waals surface area contributed by atoms with Gasteiger partial charge in [-0.05, 0) is 42.6 Å². The Morgan fingerprint density at radius 1 is 1.07 bits per heavy atom. The van der Waals surface area contributed by atoms with Crippen molar-refractivity contribution < 1.29 is 9.53 Å². The van der Waals surface area contributed by atoms with Crippen LogP contribution in [0.25, 0.3) is 0 Å². The average molecular weight is 364 g/mol. The zero-order valence-corrected chi connectivity index (χ0v) is 16.2. The van der Waals surface area contributed by atoms with Gasteiger partial charge in [0.2, 0.25) is 5.91 Å². The highest BCUT2D eigenvalue weighted by molar-refractivity contribution is 5.74. The number of hydrogen-bond donors (Lipinski definition) is 0. The Balaban J connectivity index is 1.56. The van der Waals surface area contributed by atoms with Crippen molar-refractivity contribution in [3.05, 3.63) is 65.7 Å². The quantitative estimate of drug-likeness (QED) is 0.833. The van der Waals surface area contributed by atoms with Crippen molar-refractivity contribution in [2.45, 2.75) is 37.8 Å². The van der Waals surface area contributed by atoms with E-state index in [0.717, 1.165) is 44.8 Å². The minimum absolute atomic E-state index is 0.101. The van der Waals surface area contributed by atoms with Crippen molar-refractivity contribution >= 4 is 5.91 Å². The maximum absolute atomic E-state index is 12.3. The fourth-order valence-electron chi connectivity index (χ4n) is 4.96. The summed E-state index contributed by atoms with van der Waals surface area (Å²) in [7, 11) is 1.69. The Morgan fingerprint density at radius 3 is 2.44 bits per heavy atom. The van der Waals surface area contributed by atoms with Crippen molar-refractivity contribution in [1.82, 2.24) is 9.80 Å². The van der Waals surface area contributed by atoms with E-state index in [1.165, 1.54) is 11.1 Å². The van der Waals surface area contributed by atoms with Crippen LogP contribution in [0, 0.1) is 0 Å². The van der Waals surface area contributed by atoms with E-state index in [-0.39, 0.29) is 17.4 Å². The van der Waals surface area contributed by atoms with Gasteiger partial charge in [0.1, 0.15) is 5.75 Å². The van der Waals surface area contributed by atoms with Gasteiger partial charge in [0.25, 0.3) is 0 Å². The smallest absolute Gasteiger partial charge is 0.219 e. The van der Waals surface area contributed by atoms with E-state index in [1.807, 2.05) is 12.1 Å². The minimum Gasteiger partial charge on any atom is -0.497 e. The van der Waals surface area contributed by atoms with Gasteiger partial charge in [-0.25, -0.2) is 0 Å². The zero-order chi connectivity index (χ0) is 18.9. The van der Waals surface area contributed by atoms with Crippen molar-refractivity contribution in [2.24, 2.45) is 0 Å². The number of piperidine rings is 1. The van der Waals surface area contributed by atoms with Gasteiger partial charge in [-0.1, -0.05) is 42.5 Å². The Labute approximate surface area is 161 Å². The Kier molecular flexibility index (Phi) is 4.92. The van der Waals surface area contributed by atoms with Gasteiger partial charge in [-0.3, -0.25) is 9.69 Å². The molecule has 142 valence electrons. The highest BCUT2D eigenvalue weighted by atomic mass is 16.5. The summed E-state index contributed by atoms with van der Waals surface area (Å²) < 4.78 is 5.26. The summed E-state index contributed by atoms with van der Waals surface area (Å²) in [4.78, 5) is 16.9. The third-order valence-electron chi connectivity index (χ3n) is 6.44. The molecule has 0 spiro atoms. The number of nitrogens with zero attached hydrogens (tertiary/aromatic N) is 2. The summed E-state index contributed by atoms with van der Waals surface area (Å²) in [5, 5.41) is 0. The number of benzene rings is 2. The van der Waals surface area contributed by atoms with Crippen molar-refractivity contribution in [3.8, 4) is 5.75 Å². The van der Waals surface area contributed by atoms with Gasteiger partial charge in [-0.15, -0.1) is 0 Å². The number of ether oxygens (including phenoxy) is 1. The molecule has 0 N–H and O–H groups in total. The van der Waals surface area contributed by atoms with Gasteiger partial charge in [0.05, 0.1) is 13.2 Å². The van der Waals surface area contributed by atoms with Crippen LogP contribution in [-0.4, -0.2) is 48.5 Å². The van der Waals surface area contributed by atoms with Gasteiger partial charge < -0.3 is 9.64 Å². The van der Waals surface area contributed by atoms with Gasteiger partial charge in [0.15, 0.2) is 0 Å². The number of hydrogen-bond acceptors (Lipinski definition) is 3. The monoisotopic (exact) mass is 364 g/mol. The first kappa shape index (κ1) is 18.1. The number of methoxy groups -OCH3 is 1. The number of amides is 1. The molecule has 0 aliphatic carbocycles. The molecule has 2 aliphatic heterocycles. The molecule has 27 heavy (non-hydrogen) atoms. The summed E-state index contributed by atoms with van der Waals surface area (Å²) in [5.74, 6) is 1.09. The molecule has 2 saturated heterocycles. The second-order valence-electron chi connectivity index (χ2n) is 7.83. The van der Waals surface area contributed by atoms with Crippen LogP contribution in [0.15, 0.2) is 54.6 Å². The lowest BCUT2D eigenvalue weighted by Gasteiger charge is -2.46. The van der Waals surface area contributed by atoms with Crippen LogP contribution in [0.1, 0.15) is 30.9 Å². The summed E-state index contributed by atoms with van der Waals surface area (Å²) in [6.07, 6.45) is 2.17. The molecular weight excluding hydrogens is 336 g/mol. The van der Waals surface area contributed by atoms with Crippen LogP contribution < -0.4 is 4.74 Å². The summed E-state index contributed by atoms with van der Waals surface area (Å²) in [6, 6.07) is 19.4. The Morgan fingerprint density at radius 2 is 1.78 bits per heavy atom. The van der Waals surface area contributed by atoms with Crippen molar-refractivity contribution in [3.63, 3.8) is 0 Å². The molecule has 2 aromatic carbocycles. The summed E-state index contributed by atoms with van der Waals surface area (Å²) in [6.45, 7) is 5.48.